The lowest BCUT2D eigenvalue weighted by Crippen LogP contribution is -2.43. The van der Waals surface area contributed by atoms with E-state index in [1.807, 2.05) is 12.1 Å². The molecule has 8 heteroatoms. The standard InChI is InChI=1S/C16H21F3N2O3/c1-12-10-23-9-7-21(12)14-4-2-13(3-5-14)20-15(22)6-8-24-11-16(17,18)19/h2-5,12H,6-11H2,1H3,(H,20,22). The van der Waals surface area contributed by atoms with Crippen LogP contribution >= 0.6 is 0 Å². The van der Waals surface area contributed by atoms with Gasteiger partial charge in [0.15, 0.2) is 0 Å². The van der Waals surface area contributed by atoms with Gasteiger partial charge in [-0.3, -0.25) is 4.79 Å². The zero-order valence-corrected chi connectivity index (χ0v) is 13.4. The number of amides is 1. The Kier molecular flexibility index (Phi) is 6.44. The van der Waals surface area contributed by atoms with Crippen LogP contribution in [0.15, 0.2) is 24.3 Å². The van der Waals surface area contributed by atoms with Gasteiger partial charge in [0, 0.05) is 24.0 Å². The summed E-state index contributed by atoms with van der Waals surface area (Å²) in [6.45, 7) is 2.64. The number of hydrogen-bond acceptors (Lipinski definition) is 4. The van der Waals surface area contributed by atoms with Crippen molar-refractivity contribution in [1.29, 1.82) is 0 Å². The Labute approximate surface area is 138 Å². The normalized spacial score (nSPS) is 18.5. The molecule has 5 nitrogen and oxygen atoms in total. The van der Waals surface area contributed by atoms with Crippen LogP contribution in [0.2, 0.25) is 0 Å². The van der Waals surface area contributed by atoms with Crippen LogP contribution in [0.25, 0.3) is 0 Å². The third-order valence-electron chi connectivity index (χ3n) is 3.59. The van der Waals surface area contributed by atoms with Crippen LogP contribution in [0.3, 0.4) is 0 Å². The first kappa shape index (κ1) is 18.5. The van der Waals surface area contributed by atoms with E-state index in [0.29, 0.717) is 18.9 Å². The molecule has 1 heterocycles. The molecule has 0 spiro atoms. The smallest absolute Gasteiger partial charge is 0.377 e. The average Bonchev–Trinajstić information content (AvgIpc) is 2.52. The maximum atomic E-state index is 11.9. The lowest BCUT2D eigenvalue weighted by Gasteiger charge is -2.35. The molecule has 0 radical (unpaired) electrons. The highest BCUT2D eigenvalue weighted by Gasteiger charge is 2.27. The quantitative estimate of drug-likeness (QED) is 0.805. The van der Waals surface area contributed by atoms with Crippen molar-refractivity contribution in [3.05, 3.63) is 24.3 Å². The molecule has 134 valence electrons. The Bertz CT molecular complexity index is 534. The van der Waals surface area contributed by atoms with Gasteiger partial charge in [0.25, 0.3) is 0 Å². The van der Waals surface area contributed by atoms with Crippen LogP contribution in [0.5, 0.6) is 0 Å². The van der Waals surface area contributed by atoms with E-state index in [2.05, 4.69) is 21.9 Å². The topological polar surface area (TPSA) is 50.8 Å². The fraction of sp³-hybridized carbons (Fsp3) is 0.562. The van der Waals surface area contributed by atoms with Crippen molar-refractivity contribution in [2.75, 3.05) is 43.2 Å². The van der Waals surface area contributed by atoms with Crippen LogP contribution in [-0.2, 0) is 14.3 Å². The van der Waals surface area contributed by atoms with Gasteiger partial charge in [0.1, 0.15) is 6.61 Å². The fourth-order valence-corrected chi connectivity index (χ4v) is 2.42. The number of nitrogens with zero attached hydrogens (tertiary/aromatic N) is 1. The number of carbonyl (C=O) groups excluding carboxylic acids is 1. The van der Waals surface area contributed by atoms with Gasteiger partial charge in [0.05, 0.1) is 26.2 Å². The monoisotopic (exact) mass is 346 g/mol. The maximum Gasteiger partial charge on any atom is 0.411 e. The largest absolute Gasteiger partial charge is 0.411 e. The van der Waals surface area contributed by atoms with Crippen molar-refractivity contribution >= 4 is 17.3 Å². The van der Waals surface area contributed by atoms with Gasteiger partial charge >= 0.3 is 6.18 Å². The maximum absolute atomic E-state index is 11.9. The Hall–Kier alpha value is -1.80. The Balaban J connectivity index is 1.77. The molecule has 1 aromatic rings. The Morgan fingerprint density at radius 3 is 2.71 bits per heavy atom. The van der Waals surface area contributed by atoms with E-state index in [0.717, 1.165) is 12.2 Å². The van der Waals surface area contributed by atoms with E-state index in [1.54, 1.807) is 12.1 Å². The zero-order valence-electron chi connectivity index (χ0n) is 13.4. The second-order valence-electron chi connectivity index (χ2n) is 5.63. The zero-order chi connectivity index (χ0) is 17.6. The summed E-state index contributed by atoms with van der Waals surface area (Å²) in [5.74, 6) is -0.385. The summed E-state index contributed by atoms with van der Waals surface area (Å²) < 4.78 is 45.5. The van der Waals surface area contributed by atoms with Gasteiger partial charge in [-0.25, -0.2) is 0 Å². The molecule has 1 N–H and O–H groups in total. The van der Waals surface area contributed by atoms with Gasteiger partial charge in [-0.2, -0.15) is 13.2 Å². The SMILES string of the molecule is CC1COCCN1c1ccc(NC(=O)CCOCC(F)(F)F)cc1. The number of alkyl halides is 3. The minimum atomic E-state index is -4.37. The van der Waals surface area contributed by atoms with E-state index in [4.69, 9.17) is 4.74 Å². The molecular weight excluding hydrogens is 325 g/mol. The molecule has 1 atom stereocenters. The van der Waals surface area contributed by atoms with E-state index in [1.165, 1.54) is 0 Å². The summed E-state index contributed by atoms with van der Waals surface area (Å²) in [6, 6.07) is 7.62. The van der Waals surface area contributed by atoms with E-state index < -0.39 is 12.8 Å². The molecule has 1 saturated heterocycles. The highest BCUT2D eigenvalue weighted by Crippen LogP contribution is 2.22. The second-order valence-corrected chi connectivity index (χ2v) is 5.63. The Morgan fingerprint density at radius 1 is 1.38 bits per heavy atom. The molecule has 1 aliphatic heterocycles. The number of anilines is 2. The molecule has 1 unspecified atom stereocenters. The van der Waals surface area contributed by atoms with Gasteiger partial charge < -0.3 is 19.7 Å². The van der Waals surface area contributed by atoms with Crippen LogP contribution < -0.4 is 10.2 Å². The van der Waals surface area contributed by atoms with Crippen molar-refractivity contribution in [2.24, 2.45) is 0 Å². The number of hydrogen-bond donors (Lipinski definition) is 1. The van der Waals surface area contributed by atoms with Gasteiger partial charge in [-0.1, -0.05) is 0 Å². The van der Waals surface area contributed by atoms with Crippen molar-refractivity contribution in [3.63, 3.8) is 0 Å². The lowest BCUT2D eigenvalue weighted by molar-refractivity contribution is -0.174. The Morgan fingerprint density at radius 2 is 2.08 bits per heavy atom. The minimum Gasteiger partial charge on any atom is -0.377 e. The number of nitrogens with one attached hydrogen (secondary N) is 1. The molecule has 1 aromatic carbocycles. The van der Waals surface area contributed by atoms with E-state index >= 15 is 0 Å². The molecule has 1 aliphatic rings. The van der Waals surface area contributed by atoms with Gasteiger partial charge in [0.2, 0.25) is 5.91 Å². The summed E-state index contributed by atoms with van der Waals surface area (Å²) in [5.41, 5.74) is 1.64. The van der Waals surface area contributed by atoms with Gasteiger partial charge in [-0.15, -0.1) is 0 Å². The predicted octanol–water partition coefficient (Wildman–Crippen LogP) is 2.82. The molecule has 2 rings (SSSR count). The first-order valence-electron chi connectivity index (χ1n) is 7.74. The number of benzene rings is 1. The fourth-order valence-electron chi connectivity index (χ4n) is 2.42. The number of carbonyl (C=O) groups is 1. The highest BCUT2D eigenvalue weighted by molar-refractivity contribution is 5.90. The summed E-state index contributed by atoms with van der Waals surface area (Å²) in [7, 11) is 0. The lowest BCUT2D eigenvalue weighted by atomic mass is 10.2. The molecule has 0 bridgehead atoms. The first-order chi connectivity index (χ1) is 11.3. The van der Waals surface area contributed by atoms with Crippen LogP contribution in [0.4, 0.5) is 24.5 Å². The summed E-state index contributed by atoms with van der Waals surface area (Å²) >= 11 is 0. The van der Waals surface area contributed by atoms with E-state index in [-0.39, 0.29) is 25.0 Å². The molecule has 0 aliphatic carbocycles. The highest BCUT2D eigenvalue weighted by atomic mass is 19.4. The second kappa shape index (κ2) is 8.34. The summed E-state index contributed by atoms with van der Waals surface area (Å²) in [4.78, 5) is 13.9. The molecule has 0 aromatic heterocycles. The van der Waals surface area contributed by atoms with Crippen molar-refractivity contribution in [2.45, 2.75) is 25.6 Å². The average molecular weight is 346 g/mol. The van der Waals surface area contributed by atoms with Gasteiger partial charge in [-0.05, 0) is 31.2 Å². The van der Waals surface area contributed by atoms with Crippen molar-refractivity contribution in [1.82, 2.24) is 0 Å². The predicted molar refractivity (Wildman–Crippen MR) is 84.2 cm³/mol. The number of rotatable bonds is 6. The number of ether oxygens (including phenoxy) is 2. The summed E-state index contributed by atoms with van der Waals surface area (Å²) in [5, 5.41) is 2.64. The third kappa shape index (κ3) is 6.01. The first-order valence-corrected chi connectivity index (χ1v) is 7.74. The van der Waals surface area contributed by atoms with Crippen molar-refractivity contribution < 1.29 is 27.4 Å². The van der Waals surface area contributed by atoms with Crippen LogP contribution in [-0.4, -0.2) is 51.1 Å². The van der Waals surface area contributed by atoms with Crippen molar-refractivity contribution in [3.8, 4) is 0 Å². The molecule has 0 saturated carbocycles. The van der Waals surface area contributed by atoms with E-state index in [9.17, 15) is 18.0 Å². The minimum absolute atomic E-state index is 0.127. The number of morpholine rings is 1. The summed E-state index contributed by atoms with van der Waals surface area (Å²) in [6.07, 6.45) is -4.50. The molecule has 24 heavy (non-hydrogen) atoms. The molecule has 1 amide bonds. The molecular formula is C16H21F3N2O3. The molecule has 1 fully saturated rings. The number of halogens is 3. The third-order valence-corrected chi connectivity index (χ3v) is 3.59. The van der Waals surface area contributed by atoms with Crippen LogP contribution in [0, 0.1) is 0 Å². The van der Waals surface area contributed by atoms with Crippen LogP contribution in [0.1, 0.15) is 13.3 Å².